The number of pyridine rings is 1. The summed E-state index contributed by atoms with van der Waals surface area (Å²) < 4.78 is 1.11. The van der Waals surface area contributed by atoms with Crippen molar-refractivity contribution in [2.45, 2.75) is 13.0 Å². The van der Waals surface area contributed by atoms with Crippen molar-refractivity contribution < 1.29 is 0 Å². The van der Waals surface area contributed by atoms with Gasteiger partial charge in [0, 0.05) is 51.5 Å². The molecular weight excluding hydrogens is 292 g/mol. The zero-order chi connectivity index (χ0) is 12.5. The minimum absolute atomic E-state index is 0.765. The summed E-state index contributed by atoms with van der Waals surface area (Å²) in [7, 11) is 0. The van der Waals surface area contributed by atoms with Crippen LogP contribution in [0.3, 0.4) is 0 Å². The molecule has 0 radical (unpaired) electrons. The molecule has 0 spiro atoms. The number of aromatic nitrogens is 1. The first-order valence-corrected chi connectivity index (χ1v) is 7.35. The van der Waals surface area contributed by atoms with Crippen LogP contribution >= 0.6 is 15.9 Å². The lowest BCUT2D eigenvalue weighted by molar-refractivity contribution is 0.137. The smallest absolute Gasteiger partial charge is 0.142 e. The molecule has 0 aromatic carbocycles. The van der Waals surface area contributed by atoms with Crippen molar-refractivity contribution in [2.75, 3.05) is 44.2 Å². The van der Waals surface area contributed by atoms with Gasteiger partial charge in [-0.1, -0.05) is 0 Å². The molecule has 0 saturated carbocycles. The Morgan fingerprint density at radius 3 is 2.56 bits per heavy atom. The summed E-state index contributed by atoms with van der Waals surface area (Å²) in [5.74, 6) is 1.09. The Hall–Kier alpha value is -0.650. The second-order valence-electron chi connectivity index (χ2n) is 5.15. The van der Waals surface area contributed by atoms with Gasteiger partial charge < -0.3 is 10.2 Å². The van der Waals surface area contributed by atoms with Crippen molar-refractivity contribution >= 4 is 21.7 Å². The van der Waals surface area contributed by atoms with Crippen molar-refractivity contribution in [3.05, 3.63) is 22.3 Å². The SMILES string of the molecule is Cc1cnc(N2CCN(C3CNC3)CC2)c(Br)c1. The second-order valence-corrected chi connectivity index (χ2v) is 6.01. The highest BCUT2D eigenvalue weighted by Crippen LogP contribution is 2.25. The molecule has 3 rings (SSSR count). The molecule has 3 heterocycles. The Kier molecular flexibility index (Phi) is 3.54. The molecule has 0 bridgehead atoms. The highest BCUT2D eigenvalue weighted by Gasteiger charge is 2.28. The molecule has 2 aliphatic rings. The molecule has 0 amide bonds. The maximum Gasteiger partial charge on any atom is 0.142 e. The van der Waals surface area contributed by atoms with E-state index in [1.54, 1.807) is 0 Å². The minimum Gasteiger partial charge on any atom is -0.353 e. The van der Waals surface area contributed by atoms with E-state index in [-0.39, 0.29) is 0 Å². The summed E-state index contributed by atoms with van der Waals surface area (Å²) in [6.45, 7) is 8.83. The number of aryl methyl sites for hydroxylation is 1. The van der Waals surface area contributed by atoms with Gasteiger partial charge in [0.05, 0.1) is 4.47 Å². The molecule has 0 aliphatic carbocycles. The number of piperazine rings is 1. The fourth-order valence-corrected chi connectivity index (χ4v) is 3.30. The zero-order valence-electron chi connectivity index (χ0n) is 10.7. The quantitative estimate of drug-likeness (QED) is 0.891. The normalized spacial score (nSPS) is 22.0. The molecule has 18 heavy (non-hydrogen) atoms. The van der Waals surface area contributed by atoms with Crippen molar-refractivity contribution in [1.82, 2.24) is 15.2 Å². The minimum atomic E-state index is 0.765. The first-order chi connectivity index (χ1) is 8.74. The summed E-state index contributed by atoms with van der Waals surface area (Å²) in [6.07, 6.45) is 1.95. The number of nitrogens with zero attached hydrogens (tertiary/aromatic N) is 3. The number of hydrogen-bond acceptors (Lipinski definition) is 4. The lowest BCUT2D eigenvalue weighted by Gasteiger charge is -2.43. The van der Waals surface area contributed by atoms with Gasteiger partial charge in [-0.15, -0.1) is 0 Å². The molecule has 1 N–H and O–H groups in total. The van der Waals surface area contributed by atoms with Crippen LogP contribution in [0.15, 0.2) is 16.7 Å². The average Bonchev–Trinajstić information content (AvgIpc) is 2.28. The largest absolute Gasteiger partial charge is 0.353 e. The van der Waals surface area contributed by atoms with Crippen LogP contribution in [0.2, 0.25) is 0 Å². The fraction of sp³-hybridized carbons (Fsp3) is 0.615. The molecule has 2 saturated heterocycles. The van der Waals surface area contributed by atoms with Crippen LogP contribution in [0.5, 0.6) is 0 Å². The molecule has 98 valence electrons. The molecule has 0 unspecified atom stereocenters. The molecule has 4 nitrogen and oxygen atoms in total. The maximum absolute atomic E-state index is 4.55. The molecule has 1 aromatic heterocycles. The third-order valence-electron chi connectivity index (χ3n) is 3.85. The molecular formula is C13H19BrN4. The topological polar surface area (TPSA) is 31.4 Å². The predicted octanol–water partition coefficient (Wildman–Crippen LogP) is 1.25. The van der Waals surface area contributed by atoms with Crippen molar-refractivity contribution in [1.29, 1.82) is 0 Å². The van der Waals surface area contributed by atoms with Gasteiger partial charge >= 0.3 is 0 Å². The zero-order valence-corrected chi connectivity index (χ0v) is 12.3. The standard InChI is InChI=1S/C13H19BrN4/c1-10-6-12(14)13(16-7-10)18-4-2-17(3-5-18)11-8-15-9-11/h6-7,11,15H,2-5,8-9H2,1H3. The Balaban J connectivity index is 1.64. The van der Waals surface area contributed by atoms with E-state index in [1.165, 1.54) is 5.56 Å². The van der Waals surface area contributed by atoms with Crippen LogP contribution in [0.1, 0.15) is 5.56 Å². The third kappa shape index (κ3) is 2.39. The third-order valence-corrected chi connectivity index (χ3v) is 4.43. The van der Waals surface area contributed by atoms with Gasteiger partial charge in [0.15, 0.2) is 0 Å². The van der Waals surface area contributed by atoms with Crippen LogP contribution < -0.4 is 10.2 Å². The van der Waals surface area contributed by atoms with E-state index >= 15 is 0 Å². The van der Waals surface area contributed by atoms with E-state index in [2.05, 4.69) is 49.0 Å². The summed E-state index contributed by atoms with van der Waals surface area (Å²) in [5.41, 5.74) is 1.20. The number of anilines is 1. The predicted molar refractivity (Wildman–Crippen MR) is 77.1 cm³/mol. The van der Waals surface area contributed by atoms with E-state index in [0.717, 1.165) is 55.6 Å². The lowest BCUT2D eigenvalue weighted by Crippen LogP contribution is -2.61. The Labute approximate surface area is 116 Å². The van der Waals surface area contributed by atoms with Crippen LogP contribution in [-0.2, 0) is 0 Å². The van der Waals surface area contributed by atoms with E-state index in [4.69, 9.17) is 0 Å². The van der Waals surface area contributed by atoms with E-state index in [9.17, 15) is 0 Å². The summed E-state index contributed by atoms with van der Waals surface area (Å²) in [6, 6.07) is 2.91. The van der Waals surface area contributed by atoms with Crippen molar-refractivity contribution in [3.8, 4) is 0 Å². The number of halogens is 1. The van der Waals surface area contributed by atoms with Gasteiger partial charge in [0.25, 0.3) is 0 Å². The van der Waals surface area contributed by atoms with Crippen molar-refractivity contribution in [3.63, 3.8) is 0 Å². The van der Waals surface area contributed by atoms with Gasteiger partial charge in [0.2, 0.25) is 0 Å². The Morgan fingerprint density at radius 2 is 2.00 bits per heavy atom. The summed E-state index contributed by atoms with van der Waals surface area (Å²) in [4.78, 5) is 9.53. The number of nitrogens with one attached hydrogen (secondary N) is 1. The van der Waals surface area contributed by atoms with E-state index in [0.29, 0.717) is 0 Å². The van der Waals surface area contributed by atoms with Crippen LogP contribution in [0.4, 0.5) is 5.82 Å². The van der Waals surface area contributed by atoms with Crippen LogP contribution in [0, 0.1) is 6.92 Å². The van der Waals surface area contributed by atoms with Gasteiger partial charge in [-0.25, -0.2) is 4.98 Å². The number of hydrogen-bond donors (Lipinski definition) is 1. The Morgan fingerprint density at radius 1 is 1.28 bits per heavy atom. The second kappa shape index (κ2) is 5.15. The monoisotopic (exact) mass is 310 g/mol. The molecule has 2 fully saturated rings. The van der Waals surface area contributed by atoms with Gasteiger partial charge in [0.1, 0.15) is 5.82 Å². The molecule has 2 aliphatic heterocycles. The molecule has 0 atom stereocenters. The lowest BCUT2D eigenvalue weighted by atomic mass is 10.1. The van der Waals surface area contributed by atoms with Gasteiger partial charge in [-0.3, -0.25) is 4.90 Å². The van der Waals surface area contributed by atoms with Gasteiger partial charge in [-0.2, -0.15) is 0 Å². The molecule has 1 aromatic rings. The van der Waals surface area contributed by atoms with E-state index in [1.807, 2.05) is 6.20 Å². The summed E-state index contributed by atoms with van der Waals surface area (Å²) in [5, 5.41) is 3.34. The number of rotatable bonds is 2. The summed E-state index contributed by atoms with van der Waals surface area (Å²) >= 11 is 3.62. The van der Waals surface area contributed by atoms with Crippen LogP contribution in [-0.4, -0.2) is 55.2 Å². The first kappa shape index (κ1) is 12.4. The van der Waals surface area contributed by atoms with Crippen LogP contribution in [0.25, 0.3) is 0 Å². The highest BCUT2D eigenvalue weighted by molar-refractivity contribution is 9.10. The molecule has 5 heteroatoms. The Bertz CT molecular complexity index is 425. The first-order valence-electron chi connectivity index (χ1n) is 6.56. The maximum atomic E-state index is 4.55. The fourth-order valence-electron chi connectivity index (χ4n) is 2.59. The highest BCUT2D eigenvalue weighted by atomic mass is 79.9. The van der Waals surface area contributed by atoms with E-state index < -0.39 is 0 Å². The van der Waals surface area contributed by atoms with Gasteiger partial charge in [-0.05, 0) is 34.5 Å². The van der Waals surface area contributed by atoms with Crippen molar-refractivity contribution in [2.24, 2.45) is 0 Å². The average molecular weight is 311 g/mol.